The number of anilines is 1. The maximum absolute atomic E-state index is 12.5. The number of hydrogen-bond acceptors (Lipinski definition) is 5. The summed E-state index contributed by atoms with van der Waals surface area (Å²) in [5, 5.41) is 4.23. The number of thiazole rings is 1. The van der Waals surface area contributed by atoms with Crippen LogP contribution in [-0.4, -0.2) is 24.1 Å². The lowest BCUT2D eigenvalue weighted by molar-refractivity contribution is -0.116. The molecule has 0 radical (unpaired) electrons. The van der Waals surface area contributed by atoms with Crippen LogP contribution in [-0.2, 0) is 21.2 Å². The third-order valence-corrected chi connectivity index (χ3v) is 7.91. The van der Waals surface area contributed by atoms with Crippen LogP contribution in [0.5, 0.6) is 0 Å². The van der Waals surface area contributed by atoms with Gasteiger partial charge in [-0.05, 0) is 44.0 Å². The fraction of sp³-hybridized carbons (Fsp3) is 0.444. The summed E-state index contributed by atoms with van der Waals surface area (Å²) in [6.45, 7) is 2.16. The molecule has 0 unspecified atom stereocenters. The number of carbonyl (C=O) groups excluding carboxylic acids is 1. The Morgan fingerprint density at radius 1 is 1.23 bits per heavy atom. The van der Waals surface area contributed by atoms with Crippen molar-refractivity contribution in [2.45, 2.75) is 55.7 Å². The molecule has 0 aliphatic heterocycles. The first-order valence-corrected chi connectivity index (χ1v) is 11.1. The minimum absolute atomic E-state index is 0.0724. The van der Waals surface area contributed by atoms with Crippen molar-refractivity contribution in [3.8, 4) is 0 Å². The van der Waals surface area contributed by atoms with Gasteiger partial charge in [0.05, 0.1) is 10.1 Å². The van der Waals surface area contributed by atoms with Gasteiger partial charge >= 0.3 is 4.87 Å². The Hall–Kier alpha value is -1.93. The number of sulfone groups is 1. The molecule has 1 N–H and O–H groups in total. The van der Waals surface area contributed by atoms with Crippen molar-refractivity contribution in [2.75, 3.05) is 5.32 Å². The summed E-state index contributed by atoms with van der Waals surface area (Å²) in [4.78, 5) is 24.0. The first-order chi connectivity index (χ1) is 12.4. The van der Waals surface area contributed by atoms with Gasteiger partial charge in [-0.25, -0.2) is 8.42 Å². The second kappa shape index (κ2) is 7.75. The smallest absolute Gasteiger partial charge is 0.307 e. The van der Waals surface area contributed by atoms with Gasteiger partial charge in [0.15, 0.2) is 9.84 Å². The molecule has 0 saturated heterocycles. The zero-order valence-corrected chi connectivity index (χ0v) is 16.2. The molecule has 140 valence electrons. The molecule has 1 heterocycles. The van der Waals surface area contributed by atoms with E-state index in [1.165, 1.54) is 0 Å². The van der Waals surface area contributed by atoms with E-state index >= 15 is 0 Å². The van der Waals surface area contributed by atoms with Crippen LogP contribution in [0.25, 0.3) is 0 Å². The molecule has 8 heteroatoms. The summed E-state index contributed by atoms with van der Waals surface area (Å²) >= 11 is 1.12. The third kappa shape index (κ3) is 4.07. The minimum Gasteiger partial charge on any atom is -0.326 e. The van der Waals surface area contributed by atoms with Crippen LogP contribution in [0.15, 0.2) is 39.3 Å². The Kier molecular flexibility index (Phi) is 5.62. The molecule has 1 fully saturated rings. The van der Waals surface area contributed by atoms with Crippen molar-refractivity contribution >= 4 is 32.8 Å². The van der Waals surface area contributed by atoms with Gasteiger partial charge in [-0.2, -0.15) is 0 Å². The number of nitrogens with zero attached hydrogens (tertiary/aromatic N) is 1. The van der Waals surface area contributed by atoms with Crippen LogP contribution in [0.4, 0.5) is 5.69 Å². The number of rotatable bonds is 6. The summed E-state index contributed by atoms with van der Waals surface area (Å²) < 4.78 is 26.7. The van der Waals surface area contributed by atoms with Gasteiger partial charge < -0.3 is 9.88 Å². The van der Waals surface area contributed by atoms with E-state index in [1.807, 2.05) is 6.92 Å². The van der Waals surface area contributed by atoms with E-state index in [0.717, 1.165) is 42.7 Å². The number of amides is 1. The summed E-state index contributed by atoms with van der Waals surface area (Å²) in [5.41, 5.74) is 1.39. The van der Waals surface area contributed by atoms with Gasteiger partial charge in [-0.15, -0.1) is 0 Å². The van der Waals surface area contributed by atoms with Crippen LogP contribution in [0, 0.1) is 6.92 Å². The highest BCUT2D eigenvalue weighted by Crippen LogP contribution is 2.30. The molecular formula is C18H22N2O4S2. The van der Waals surface area contributed by atoms with Gasteiger partial charge in [0, 0.05) is 29.7 Å². The maximum atomic E-state index is 12.5. The summed E-state index contributed by atoms with van der Waals surface area (Å²) in [5.74, 6) is -0.214. The zero-order chi connectivity index (χ0) is 18.7. The summed E-state index contributed by atoms with van der Waals surface area (Å²) in [7, 11) is -3.28. The fourth-order valence-corrected chi connectivity index (χ4v) is 5.85. The predicted octanol–water partition coefficient (Wildman–Crippen LogP) is 2.96. The molecule has 0 bridgehead atoms. The third-order valence-electron chi connectivity index (χ3n) is 4.75. The van der Waals surface area contributed by atoms with Gasteiger partial charge in [0.25, 0.3) is 0 Å². The summed E-state index contributed by atoms with van der Waals surface area (Å²) in [6, 6.07) is 6.33. The van der Waals surface area contributed by atoms with E-state index in [1.54, 1.807) is 34.2 Å². The van der Waals surface area contributed by atoms with Crippen LogP contribution in [0.3, 0.4) is 0 Å². The van der Waals surface area contributed by atoms with E-state index in [9.17, 15) is 18.0 Å². The van der Waals surface area contributed by atoms with Crippen molar-refractivity contribution in [3.63, 3.8) is 0 Å². The van der Waals surface area contributed by atoms with Crippen molar-refractivity contribution in [2.24, 2.45) is 0 Å². The molecule has 1 amide bonds. The Bertz CT molecular complexity index is 936. The molecule has 1 aliphatic rings. The van der Waals surface area contributed by atoms with Gasteiger partial charge in [0.1, 0.15) is 0 Å². The normalized spacial score (nSPS) is 15.3. The van der Waals surface area contributed by atoms with Crippen LogP contribution < -0.4 is 10.2 Å². The quantitative estimate of drug-likeness (QED) is 0.816. The molecule has 1 aliphatic carbocycles. The highest BCUT2D eigenvalue weighted by molar-refractivity contribution is 7.92. The zero-order valence-electron chi connectivity index (χ0n) is 14.6. The molecule has 2 aromatic rings. The van der Waals surface area contributed by atoms with Crippen LogP contribution >= 0.6 is 11.3 Å². The van der Waals surface area contributed by atoms with E-state index in [-0.39, 0.29) is 22.5 Å². The molecule has 0 spiro atoms. The fourth-order valence-electron chi connectivity index (χ4n) is 3.23. The first kappa shape index (κ1) is 18.8. The van der Waals surface area contributed by atoms with Crippen molar-refractivity contribution < 1.29 is 13.2 Å². The predicted molar refractivity (Wildman–Crippen MR) is 102 cm³/mol. The lowest BCUT2D eigenvalue weighted by Gasteiger charge is -2.12. The minimum atomic E-state index is -3.28. The van der Waals surface area contributed by atoms with Crippen molar-refractivity contribution in [1.82, 2.24) is 4.57 Å². The standard InChI is InChI=1S/C18H22N2O4S2/c1-13-12-25-18(22)20(13)11-10-17(21)19-14-6-8-16(9-7-14)26(23,24)15-4-2-3-5-15/h6-9,12,15H,2-5,10-11H2,1H3,(H,19,21). The number of hydrogen-bond donors (Lipinski definition) is 1. The van der Waals surface area contributed by atoms with Crippen molar-refractivity contribution in [1.29, 1.82) is 0 Å². The second-order valence-electron chi connectivity index (χ2n) is 6.57. The Labute approximate surface area is 156 Å². The molecular weight excluding hydrogens is 372 g/mol. The number of carbonyl (C=O) groups is 1. The van der Waals surface area contributed by atoms with Crippen LogP contribution in [0.2, 0.25) is 0 Å². The van der Waals surface area contributed by atoms with E-state index in [2.05, 4.69) is 5.32 Å². The monoisotopic (exact) mass is 394 g/mol. The van der Waals surface area contributed by atoms with E-state index < -0.39 is 9.84 Å². The van der Waals surface area contributed by atoms with Gasteiger partial charge in [0.2, 0.25) is 5.91 Å². The molecule has 6 nitrogen and oxygen atoms in total. The Balaban J connectivity index is 1.60. The number of nitrogens with one attached hydrogen (secondary N) is 1. The highest BCUT2D eigenvalue weighted by atomic mass is 32.2. The number of benzene rings is 1. The van der Waals surface area contributed by atoms with Gasteiger partial charge in [-0.1, -0.05) is 24.2 Å². The average molecular weight is 395 g/mol. The van der Waals surface area contributed by atoms with Gasteiger partial charge in [-0.3, -0.25) is 9.59 Å². The molecule has 3 rings (SSSR count). The van der Waals surface area contributed by atoms with E-state index in [0.29, 0.717) is 17.1 Å². The highest BCUT2D eigenvalue weighted by Gasteiger charge is 2.30. The first-order valence-electron chi connectivity index (χ1n) is 8.66. The number of aromatic nitrogens is 1. The largest absolute Gasteiger partial charge is 0.326 e. The topological polar surface area (TPSA) is 85.2 Å². The molecule has 26 heavy (non-hydrogen) atoms. The van der Waals surface area contributed by atoms with Crippen LogP contribution in [0.1, 0.15) is 37.8 Å². The average Bonchev–Trinajstić information content (AvgIpc) is 3.25. The SMILES string of the molecule is Cc1csc(=O)n1CCC(=O)Nc1ccc(S(=O)(=O)C2CCCC2)cc1. The molecule has 0 atom stereocenters. The van der Waals surface area contributed by atoms with E-state index in [4.69, 9.17) is 0 Å². The molecule has 1 aromatic heterocycles. The Morgan fingerprint density at radius 2 is 1.88 bits per heavy atom. The molecule has 1 aromatic carbocycles. The second-order valence-corrected chi connectivity index (χ2v) is 9.62. The Morgan fingerprint density at radius 3 is 2.46 bits per heavy atom. The number of aryl methyl sites for hydroxylation is 1. The maximum Gasteiger partial charge on any atom is 0.307 e. The lowest BCUT2D eigenvalue weighted by Crippen LogP contribution is -2.20. The van der Waals surface area contributed by atoms with Crippen molar-refractivity contribution in [3.05, 3.63) is 45.0 Å². The molecule has 1 saturated carbocycles. The summed E-state index contributed by atoms with van der Waals surface area (Å²) in [6.07, 6.45) is 3.55. The lowest BCUT2D eigenvalue weighted by atomic mass is 10.3.